The average Bonchev–Trinajstić information content (AvgIpc) is 3.46. The molecule has 0 atom stereocenters. The summed E-state index contributed by atoms with van der Waals surface area (Å²) in [5.74, 6) is 0.986. The van der Waals surface area contributed by atoms with E-state index in [-0.39, 0.29) is 5.88 Å². The highest BCUT2D eigenvalue weighted by molar-refractivity contribution is 7.00. The molecule has 0 aliphatic heterocycles. The Bertz CT molecular complexity index is 1520. The van der Waals surface area contributed by atoms with Crippen molar-refractivity contribution in [1.29, 1.82) is 0 Å². The normalized spacial score (nSPS) is 11.2. The Balaban J connectivity index is 1.69. The minimum Gasteiger partial charge on any atom is -0.497 e. The number of hydrogen-bond donors (Lipinski definition) is 2. The maximum absolute atomic E-state index is 11.8. The molecule has 0 aliphatic rings. The molecule has 5 aromatic rings. The summed E-state index contributed by atoms with van der Waals surface area (Å²) < 4.78 is 21.3. The lowest BCUT2D eigenvalue weighted by molar-refractivity contribution is 0.141. The van der Waals surface area contributed by atoms with Crippen LogP contribution in [-0.4, -0.2) is 38.2 Å². The fraction of sp³-hybridized carbons (Fsp3) is 0.222. The largest absolute Gasteiger partial charge is 0.512 e. The molecule has 0 saturated carbocycles. The van der Waals surface area contributed by atoms with Crippen LogP contribution in [-0.2, 0) is 6.54 Å². The van der Waals surface area contributed by atoms with Crippen molar-refractivity contribution in [3.05, 3.63) is 66.2 Å². The van der Waals surface area contributed by atoms with Crippen LogP contribution in [0.4, 0.5) is 10.5 Å². The molecule has 2 aromatic heterocycles. The maximum atomic E-state index is 11.8. The van der Waals surface area contributed by atoms with Gasteiger partial charge in [-0.2, -0.15) is 8.75 Å². The molecule has 2 heterocycles. The van der Waals surface area contributed by atoms with Gasteiger partial charge in [0.25, 0.3) is 0 Å². The van der Waals surface area contributed by atoms with E-state index in [1.165, 1.54) is 11.7 Å². The summed E-state index contributed by atoms with van der Waals surface area (Å²) in [5.41, 5.74) is 6.01. The molecule has 0 fully saturated rings. The van der Waals surface area contributed by atoms with Gasteiger partial charge >= 0.3 is 6.16 Å². The highest BCUT2D eigenvalue weighted by Gasteiger charge is 2.23. The van der Waals surface area contributed by atoms with Crippen molar-refractivity contribution in [3.63, 3.8) is 0 Å². The van der Waals surface area contributed by atoms with Crippen molar-refractivity contribution in [2.24, 2.45) is 0 Å². The summed E-state index contributed by atoms with van der Waals surface area (Å²) in [5, 5.41) is 14.0. The first-order valence-electron chi connectivity index (χ1n) is 11.7. The Morgan fingerprint density at radius 2 is 1.86 bits per heavy atom. The molecule has 5 rings (SSSR count). The first-order chi connectivity index (χ1) is 17.6. The van der Waals surface area contributed by atoms with Crippen molar-refractivity contribution >= 4 is 45.5 Å². The number of anilines is 1. The van der Waals surface area contributed by atoms with Crippen molar-refractivity contribution < 1.29 is 19.4 Å². The van der Waals surface area contributed by atoms with Crippen LogP contribution in [0.15, 0.2) is 60.7 Å². The third kappa shape index (κ3) is 4.70. The first kappa shape index (κ1) is 23.6. The summed E-state index contributed by atoms with van der Waals surface area (Å²) in [4.78, 5) is 11.8. The predicted molar refractivity (Wildman–Crippen MR) is 142 cm³/mol. The maximum Gasteiger partial charge on any atom is 0.512 e. The Morgan fingerprint density at radius 3 is 2.61 bits per heavy atom. The monoisotopic (exact) mass is 502 g/mol. The molecule has 0 bridgehead atoms. The van der Waals surface area contributed by atoms with E-state index < -0.39 is 6.16 Å². The second kappa shape index (κ2) is 10.2. The molecule has 0 spiro atoms. The number of hydrogen-bond acceptors (Lipinski definition) is 7. The van der Waals surface area contributed by atoms with Gasteiger partial charge < -0.3 is 24.5 Å². The van der Waals surface area contributed by atoms with Gasteiger partial charge in [0.1, 0.15) is 16.8 Å². The Kier molecular flexibility index (Phi) is 6.73. The summed E-state index contributed by atoms with van der Waals surface area (Å²) in [7, 11) is 1.61. The molecule has 2 N–H and O–H groups in total. The van der Waals surface area contributed by atoms with Gasteiger partial charge in [0.15, 0.2) is 0 Å². The molecule has 0 aliphatic carbocycles. The molecule has 184 valence electrons. The number of fused-ring (bicyclic) bond motifs is 2. The van der Waals surface area contributed by atoms with Crippen LogP contribution < -0.4 is 14.8 Å². The van der Waals surface area contributed by atoms with Crippen molar-refractivity contribution in [2.75, 3.05) is 19.0 Å². The van der Waals surface area contributed by atoms with Crippen LogP contribution in [0.1, 0.15) is 25.3 Å². The third-order valence-electron chi connectivity index (χ3n) is 6.10. The number of methoxy groups -OCH3 is 1. The minimum atomic E-state index is -1.37. The van der Waals surface area contributed by atoms with Crippen LogP contribution >= 0.6 is 11.7 Å². The predicted octanol–water partition coefficient (Wildman–Crippen LogP) is 6.64. The second-order valence-electron chi connectivity index (χ2n) is 8.46. The quantitative estimate of drug-likeness (QED) is 0.172. The highest BCUT2D eigenvalue weighted by Crippen LogP contribution is 2.42. The molecule has 0 unspecified atom stereocenters. The van der Waals surface area contributed by atoms with Gasteiger partial charge in [-0.15, -0.1) is 0 Å². The number of nitrogens with zero attached hydrogens (tertiary/aromatic N) is 3. The zero-order valence-corrected chi connectivity index (χ0v) is 20.8. The van der Waals surface area contributed by atoms with Gasteiger partial charge in [-0.05, 0) is 60.0 Å². The van der Waals surface area contributed by atoms with E-state index in [0.29, 0.717) is 12.1 Å². The number of rotatable bonds is 9. The van der Waals surface area contributed by atoms with Crippen LogP contribution in [0.2, 0.25) is 0 Å². The van der Waals surface area contributed by atoms with E-state index in [2.05, 4.69) is 27.1 Å². The fourth-order valence-electron chi connectivity index (χ4n) is 4.34. The summed E-state index contributed by atoms with van der Waals surface area (Å²) in [6.45, 7) is 3.42. The van der Waals surface area contributed by atoms with Gasteiger partial charge in [-0.25, -0.2) is 4.79 Å². The van der Waals surface area contributed by atoms with E-state index in [9.17, 15) is 9.90 Å². The third-order valence-corrected chi connectivity index (χ3v) is 6.65. The number of nitrogens with one attached hydrogen (secondary N) is 1. The van der Waals surface area contributed by atoms with E-state index in [1.54, 1.807) is 7.11 Å². The lowest BCUT2D eigenvalue weighted by atomic mass is 10.0. The van der Waals surface area contributed by atoms with Crippen molar-refractivity contribution in [1.82, 2.24) is 13.3 Å². The van der Waals surface area contributed by atoms with Gasteiger partial charge in [-0.3, -0.25) is 0 Å². The second-order valence-corrected chi connectivity index (χ2v) is 8.99. The Labute approximate surface area is 212 Å². The van der Waals surface area contributed by atoms with E-state index in [4.69, 9.17) is 9.47 Å². The van der Waals surface area contributed by atoms with Gasteiger partial charge in [0.05, 0.1) is 36.5 Å². The number of benzene rings is 3. The lowest BCUT2D eigenvalue weighted by Crippen LogP contribution is -2.10. The molecule has 3 aromatic carbocycles. The molecule has 0 radical (unpaired) electrons. The average molecular weight is 503 g/mol. The molecule has 8 nitrogen and oxygen atoms in total. The van der Waals surface area contributed by atoms with Crippen LogP contribution in [0.5, 0.6) is 11.6 Å². The fourth-order valence-corrected chi connectivity index (χ4v) is 4.86. The molecular formula is C27H26N4O4S. The van der Waals surface area contributed by atoms with Gasteiger partial charge in [0.2, 0.25) is 5.88 Å². The summed E-state index contributed by atoms with van der Waals surface area (Å²) in [6, 6.07) is 19.5. The Hall–Kier alpha value is -4.11. The molecule has 9 heteroatoms. The minimum absolute atomic E-state index is 0.268. The van der Waals surface area contributed by atoms with Gasteiger partial charge in [0, 0.05) is 17.6 Å². The summed E-state index contributed by atoms with van der Waals surface area (Å²) in [6.07, 6.45) is 0.790. The summed E-state index contributed by atoms with van der Waals surface area (Å²) >= 11 is 1.17. The number of aromatic nitrogens is 3. The van der Waals surface area contributed by atoms with Gasteiger partial charge in [-0.1, -0.05) is 31.5 Å². The lowest BCUT2D eigenvalue weighted by Gasteiger charge is -2.11. The van der Waals surface area contributed by atoms with Crippen molar-refractivity contribution in [2.45, 2.75) is 26.3 Å². The van der Waals surface area contributed by atoms with Crippen LogP contribution in [0, 0.1) is 0 Å². The van der Waals surface area contributed by atoms with Crippen molar-refractivity contribution in [3.8, 4) is 22.8 Å². The zero-order valence-electron chi connectivity index (χ0n) is 20.0. The number of ether oxygens (including phenoxy) is 2. The first-order valence-corrected chi connectivity index (χ1v) is 12.5. The molecular weight excluding hydrogens is 476 g/mol. The SMILES string of the molecule is CCCCNc1ccc2c(c1)c(-c1ccc(OC)cc1)c(OC(=O)O)n2Cc1ccc2nsnc2c1. The number of carboxylic acid groups (broad SMARTS) is 1. The highest BCUT2D eigenvalue weighted by atomic mass is 32.1. The molecule has 36 heavy (non-hydrogen) atoms. The Morgan fingerprint density at radius 1 is 1.06 bits per heavy atom. The van der Waals surface area contributed by atoms with E-state index in [1.807, 2.05) is 59.2 Å². The zero-order chi connectivity index (χ0) is 25.1. The van der Waals surface area contributed by atoms with Crippen LogP contribution in [0.25, 0.3) is 33.1 Å². The number of unbranched alkanes of at least 4 members (excludes halogenated alkanes) is 1. The van der Waals surface area contributed by atoms with Crippen LogP contribution in [0.3, 0.4) is 0 Å². The molecule has 0 saturated heterocycles. The molecule has 0 amide bonds. The number of carbonyl (C=O) groups is 1. The van der Waals surface area contributed by atoms with E-state index in [0.717, 1.165) is 63.9 Å². The topological polar surface area (TPSA) is 98.5 Å². The van der Waals surface area contributed by atoms with E-state index >= 15 is 0 Å². The smallest absolute Gasteiger partial charge is 0.497 e. The standard InChI is InChI=1S/C27H26N4O4S/c1-3-4-13-28-19-8-12-24-21(15-19)25(18-6-9-20(34-2)10-7-18)26(35-27(32)33)31(24)16-17-5-11-22-23(14-17)30-36-29-22/h5-12,14-15,28H,3-4,13,16H2,1-2H3,(H,32,33).